The molecule has 202 valence electrons. The van der Waals surface area contributed by atoms with Gasteiger partial charge in [-0.1, -0.05) is 23.4 Å². The highest BCUT2D eigenvalue weighted by molar-refractivity contribution is 7.99. The van der Waals surface area contributed by atoms with E-state index in [1.807, 2.05) is 0 Å². The number of hydrazone groups is 1. The van der Waals surface area contributed by atoms with Crippen LogP contribution in [0, 0.1) is 0 Å². The highest BCUT2D eigenvalue weighted by atomic mass is 35.5. The van der Waals surface area contributed by atoms with Crippen molar-refractivity contribution in [2.75, 3.05) is 27.1 Å². The molecule has 2 aromatic heterocycles. The number of thioether (sulfide) groups is 1. The number of hydrogen-bond acceptors (Lipinski definition) is 9. The van der Waals surface area contributed by atoms with Crippen LogP contribution in [0.5, 0.6) is 17.2 Å². The molecule has 0 spiro atoms. The molecule has 9 nitrogen and oxygen atoms in total. The van der Waals surface area contributed by atoms with Gasteiger partial charge in [-0.25, -0.2) is 10.4 Å². The molecule has 0 bridgehead atoms. The Morgan fingerprint density at radius 3 is 2.54 bits per heavy atom. The molecule has 12 heteroatoms. The Kier molecular flexibility index (Phi) is 8.10. The van der Waals surface area contributed by atoms with Crippen molar-refractivity contribution in [2.45, 2.75) is 24.4 Å². The summed E-state index contributed by atoms with van der Waals surface area (Å²) < 4.78 is 17.6. The van der Waals surface area contributed by atoms with Crippen molar-refractivity contribution in [3.63, 3.8) is 0 Å². The van der Waals surface area contributed by atoms with Crippen LogP contribution >= 0.6 is 34.7 Å². The summed E-state index contributed by atoms with van der Waals surface area (Å²) >= 11 is 8.81. The van der Waals surface area contributed by atoms with Crippen LogP contribution in [0.25, 0.3) is 15.9 Å². The topological polar surface area (TPSA) is 104 Å². The number of carbonyl (C=O) groups excluding carboxylic acids is 1. The standard InChI is InChI=1S/C27H25ClN4O5S2/c1-35-17-11-20(36-2)19(21(12-17)37-3)13-29-31-23(33)14-38-27-30-25-24(18-5-4-6-22(18)39-25)26(34)32(27)16-9-7-15(28)8-10-16/h7-13H,4-6,14H2,1-3H3,(H,31,33). The van der Waals surface area contributed by atoms with Gasteiger partial charge < -0.3 is 14.2 Å². The van der Waals surface area contributed by atoms with E-state index < -0.39 is 0 Å². The van der Waals surface area contributed by atoms with E-state index in [0.717, 1.165) is 36.6 Å². The monoisotopic (exact) mass is 584 g/mol. The highest BCUT2D eigenvalue weighted by Gasteiger charge is 2.24. The number of amides is 1. The molecule has 39 heavy (non-hydrogen) atoms. The van der Waals surface area contributed by atoms with E-state index in [2.05, 4.69) is 10.5 Å². The zero-order valence-electron chi connectivity index (χ0n) is 21.4. The number of benzene rings is 2. The van der Waals surface area contributed by atoms with Gasteiger partial charge in [0.2, 0.25) is 0 Å². The smallest absolute Gasteiger partial charge is 0.267 e. The number of nitrogens with zero attached hydrogens (tertiary/aromatic N) is 3. The normalized spacial score (nSPS) is 12.6. The number of methoxy groups -OCH3 is 3. The van der Waals surface area contributed by atoms with E-state index in [-0.39, 0.29) is 17.2 Å². The van der Waals surface area contributed by atoms with E-state index in [4.69, 9.17) is 30.8 Å². The maximum absolute atomic E-state index is 13.7. The summed E-state index contributed by atoms with van der Waals surface area (Å²) in [4.78, 5) is 33.2. The van der Waals surface area contributed by atoms with Gasteiger partial charge in [-0.3, -0.25) is 14.2 Å². The predicted octanol–water partition coefficient (Wildman–Crippen LogP) is 4.86. The van der Waals surface area contributed by atoms with E-state index in [1.54, 1.807) is 59.4 Å². The first-order valence-electron chi connectivity index (χ1n) is 12.0. The first kappa shape index (κ1) is 27.0. The van der Waals surface area contributed by atoms with Crippen LogP contribution < -0.4 is 25.2 Å². The third-order valence-corrected chi connectivity index (χ3v) is 8.64. The van der Waals surface area contributed by atoms with Gasteiger partial charge in [0.25, 0.3) is 11.5 Å². The Labute approximate surface area is 237 Å². The predicted molar refractivity (Wildman–Crippen MR) is 155 cm³/mol. The lowest BCUT2D eigenvalue weighted by atomic mass is 10.2. The first-order valence-corrected chi connectivity index (χ1v) is 14.2. The summed E-state index contributed by atoms with van der Waals surface area (Å²) in [5, 5.41) is 5.73. The average Bonchev–Trinajstić information content (AvgIpc) is 3.53. The second-order valence-electron chi connectivity index (χ2n) is 8.58. The van der Waals surface area contributed by atoms with Crippen molar-refractivity contribution in [3.05, 3.63) is 67.8 Å². The molecule has 5 rings (SSSR count). The van der Waals surface area contributed by atoms with E-state index in [1.165, 1.54) is 25.3 Å². The third kappa shape index (κ3) is 5.47. The molecular weight excluding hydrogens is 560 g/mol. The number of thiophene rings is 1. The van der Waals surface area contributed by atoms with Crippen LogP contribution in [0.2, 0.25) is 5.02 Å². The lowest BCUT2D eigenvalue weighted by Gasteiger charge is -2.13. The number of rotatable bonds is 9. The number of aromatic nitrogens is 2. The van der Waals surface area contributed by atoms with Gasteiger partial charge in [-0.2, -0.15) is 5.10 Å². The maximum Gasteiger partial charge on any atom is 0.267 e. The summed E-state index contributed by atoms with van der Waals surface area (Å²) in [5.74, 6) is 1.14. The van der Waals surface area contributed by atoms with Crippen LogP contribution in [0.1, 0.15) is 22.4 Å². The molecule has 0 radical (unpaired) electrons. The number of carbonyl (C=O) groups is 1. The van der Waals surface area contributed by atoms with Crippen molar-refractivity contribution < 1.29 is 19.0 Å². The third-order valence-electron chi connectivity index (χ3n) is 6.26. The molecular formula is C27H25ClN4O5S2. The largest absolute Gasteiger partial charge is 0.496 e. The number of halogens is 1. The van der Waals surface area contributed by atoms with Gasteiger partial charge in [0.1, 0.15) is 22.1 Å². The summed E-state index contributed by atoms with van der Waals surface area (Å²) in [7, 11) is 4.59. The van der Waals surface area contributed by atoms with Gasteiger partial charge in [-0.05, 0) is 49.1 Å². The van der Waals surface area contributed by atoms with Crippen molar-refractivity contribution in [2.24, 2.45) is 5.10 Å². The molecule has 4 aromatic rings. The Morgan fingerprint density at radius 2 is 1.87 bits per heavy atom. The van der Waals surface area contributed by atoms with Gasteiger partial charge in [0.05, 0.1) is 49.9 Å². The second kappa shape index (κ2) is 11.7. The minimum Gasteiger partial charge on any atom is -0.496 e. The Bertz CT molecular complexity index is 1610. The quantitative estimate of drug-likeness (QED) is 0.130. The number of nitrogens with one attached hydrogen (secondary N) is 1. The number of fused-ring (bicyclic) bond motifs is 3. The van der Waals surface area contributed by atoms with Gasteiger partial charge >= 0.3 is 0 Å². The van der Waals surface area contributed by atoms with Crippen molar-refractivity contribution in [1.29, 1.82) is 0 Å². The number of aryl methyl sites for hydroxylation is 2. The first-order chi connectivity index (χ1) is 18.9. The highest BCUT2D eigenvalue weighted by Crippen LogP contribution is 2.36. The van der Waals surface area contributed by atoms with Gasteiger partial charge in [-0.15, -0.1) is 11.3 Å². The Morgan fingerprint density at radius 1 is 1.15 bits per heavy atom. The molecule has 1 aliphatic carbocycles. The second-order valence-corrected chi connectivity index (χ2v) is 11.0. The summed E-state index contributed by atoms with van der Waals surface area (Å²) in [6.45, 7) is 0. The molecule has 0 saturated heterocycles. The molecule has 0 unspecified atom stereocenters. The van der Waals surface area contributed by atoms with Crippen molar-refractivity contribution in [3.8, 4) is 22.9 Å². The molecule has 0 fully saturated rings. The van der Waals surface area contributed by atoms with Gasteiger partial charge in [0.15, 0.2) is 5.16 Å². The fraction of sp³-hybridized carbons (Fsp3) is 0.259. The van der Waals surface area contributed by atoms with E-state index in [9.17, 15) is 9.59 Å². The molecule has 2 heterocycles. The minimum absolute atomic E-state index is 0.00908. The van der Waals surface area contributed by atoms with Crippen LogP contribution in [-0.4, -0.2) is 48.8 Å². The van der Waals surface area contributed by atoms with E-state index in [0.29, 0.717) is 48.9 Å². The zero-order valence-corrected chi connectivity index (χ0v) is 23.8. The SMILES string of the molecule is COc1cc(OC)c(C=NNC(=O)CSc2nc3sc4c(c3c(=O)n2-c2ccc(Cl)cc2)CCC4)c(OC)c1. The Balaban J connectivity index is 1.39. The van der Waals surface area contributed by atoms with Crippen LogP contribution in [-0.2, 0) is 17.6 Å². The maximum atomic E-state index is 13.7. The fourth-order valence-corrected chi connectivity index (χ4v) is 6.66. The van der Waals surface area contributed by atoms with Crippen LogP contribution in [0.3, 0.4) is 0 Å². The lowest BCUT2D eigenvalue weighted by Crippen LogP contribution is -2.24. The molecule has 0 saturated carbocycles. The van der Waals surface area contributed by atoms with Crippen LogP contribution in [0.4, 0.5) is 0 Å². The van der Waals surface area contributed by atoms with E-state index >= 15 is 0 Å². The van der Waals surface area contributed by atoms with Crippen LogP contribution in [0.15, 0.2) is 51.5 Å². The minimum atomic E-state index is -0.367. The molecule has 0 atom stereocenters. The Hall–Kier alpha value is -3.54. The van der Waals surface area contributed by atoms with Crippen molar-refractivity contribution >= 4 is 57.0 Å². The molecule has 1 amide bonds. The molecule has 0 aliphatic heterocycles. The van der Waals surface area contributed by atoms with Gasteiger partial charge in [0, 0.05) is 22.0 Å². The number of hydrogen-bond donors (Lipinski definition) is 1. The van der Waals surface area contributed by atoms with Crippen molar-refractivity contribution in [1.82, 2.24) is 15.0 Å². The fourth-order valence-electron chi connectivity index (χ4n) is 4.43. The summed E-state index contributed by atoms with van der Waals surface area (Å²) in [5.41, 5.74) is 4.66. The molecule has 1 aliphatic rings. The lowest BCUT2D eigenvalue weighted by molar-refractivity contribution is -0.118. The average molecular weight is 585 g/mol. The summed E-state index contributed by atoms with van der Waals surface area (Å²) in [6.07, 6.45) is 4.33. The molecule has 1 N–H and O–H groups in total. The summed E-state index contributed by atoms with van der Waals surface area (Å²) in [6, 6.07) is 10.4. The number of ether oxygens (including phenoxy) is 3. The molecule has 2 aromatic carbocycles. The zero-order chi connectivity index (χ0) is 27.5.